The van der Waals surface area contributed by atoms with Gasteiger partial charge in [0.15, 0.2) is 5.69 Å². The highest BCUT2D eigenvalue weighted by Gasteiger charge is 2.34. The zero-order valence-corrected chi connectivity index (χ0v) is 23.3. The van der Waals surface area contributed by atoms with Crippen LogP contribution >= 0.6 is 24.8 Å². The molecule has 7 nitrogen and oxygen atoms in total. The van der Waals surface area contributed by atoms with E-state index in [2.05, 4.69) is 10.3 Å². The highest BCUT2D eigenvalue weighted by Crippen LogP contribution is 2.33. The number of para-hydroxylation sites is 1. The number of benzene rings is 2. The fourth-order valence-corrected chi connectivity index (χ4v) is 5.49. The van der Waals surface area contributed by atoms with Gasteiger partial charge in [0.1, 0.15) is 5.75 Å². The second-order valence-corrected chi connectivity index (χ2v) is 10.0. The van der Waals surface area contributed by atoms with Crippen LogP contribution in [0.15, 0.2) is 67.0 Å². The summed E-state index contributed by atoms with van der Waals surface area (Å²) in [6, 6.07) is 19.7. The van der Waals surface area contributed by atoms with Crippen molar-refractivity contribution in [2.45, 2.75) is 56.7 Å². The van der Waals surface area contributed by atoms with Crippen LogP contribution in [-0.4, -0.2) is 63.3 Å². The van der Waals surface area contributed by atoms with Gasteiger partial charge in [0.2, 0.25) is 0 Å². The van der Waals surface area contributed by atoms with Crippen LogP contribution in [0.3, 0.4) is 0 Å². The smallest absolute Gasteiger partial charge is 0.275 e. The van der Waals surface area contributed by atoms with Crippen molar-refractivity contribution >= 4 is 30.7 Å². The number of carbonyl (C=O) groups excluding carboxylic acids is 1. The van der Waals surface area contributed by atoms with Gasteiger partial charge < -0.3 is 24.6 Å². The molecule has 0 radical (unpaired) electrons. The Labute approximate surface area is 237 Å². The minimum atomic E-state index is -0.755. The first-order valence-corrected chi connectivity index (χ1v) is 13.2. The summed E-state index contributed by atoms with van der Waals surface area (Å²) in [6.45, 7) is 3.09. The van der Waals surface area contributed by atoms with Gasteiger partial charge in [-0.2, -0.15) is 0 Å². The Hall–Kier alpha value is -2.58. The van der Waals surface area contributed by atoms with Crippen molar-refractivity contribution < 1.29 is 14.6 Å². The van der Waals surface area contributed by atoms with E-state index in [4.69, 9.17) is 4.74 Å². The third-order valence-corrected chi connectivity index (χ3v) is 7.41. The van der Waals surface area contributed by atoms with Gasteiger partial charge in [0, 0.05) is 37.7 Å². The zero-order chi connectivity index (χ0) is 24.8. The van der Waals surface area contributed by atoms with Crippen molar-refractivity contribution in [2.75, 3.05) is 26.2 Å². The number of nitrogens with zero attached hydrogens (tertiary/aromatic N) is 3. The maximum absolute atomic E-state index is 13.9. The monoisotopic (exact) mass is 560 g/mol. The molecule has 1 saturated heterocycles. The fourth-order valence-electron chi connectivity index (χ4n) is 5.49. The second-order valence-electron chi connectivity index (χ2n) is 10.0. The summed E-state index contributed by atoms with van der Waals surface area (Å²) in [5, 5.41) is 14.7. The molecule has 3 aromatic rings. The van der Waals surface area contributed by atoms with Crippen molar-refractivity contribution in [1.82, 2.24) is 19.8 Å². The first-order chi connectivity index (χ1) is 17.6. The second kappa shape index (κ2) is 14.0. The van der Waals surface area contributed by atoms with Gasteiger partial charge in [-0.3, -0.25) is 4.79 Å². The van der Waals surface area contributed by atoms with Crippen molar-refractivity contribution in [3.63, 3.8) is 0 Å². The topological polar surface area (TPSA) is 79.6 Å². The molecule has 1 amide bonds. The molecule has 1 aromatic heterocycles. The van der Waals surface area contributed by atoms with E-state index in [9.17, 15) is 9.90 Å². The van der Waals surface area contributed by atoms with Crippen LogP contribution in [0.5, 0.6) is 5.75 Å². The lowest BCUT2D eigenvalue weighted by Crippen LogP contribution is -2.54. The minimum Gasteiger partial charge on any atom is -0.494 e. The molecule has 2 heterocycles. The first-order valence-electron chi connectivity index (χ1n) is 13.2. The first kappa shape index (κ1) is 30.0. The average molecular weight is 562 g/mol. The van der Waals surface area contributed by atoms with Crippen molar-refractivity contribution in [3.8, 4) is 17.0 Å². The maximum atomic E-state index is 13.9. The number of carbonyl (C=O) groups is 1. The number of amides is 1. The third kappa shape index (κ3) is 7.08. The Morgan fingerprint density at radius 3 is 2.42 bits per heavy atom. The number of ether oxygens (including phenoxy) is 1. The predicted octanol–water partition coefficient (Wildman–Crippen LogP) is 4.97. The molecule has 2 aromatic carbocycles. The molecule has 0 bridgehead atoms. The largest absolute Gasteiger partial charge is 0.494 e. The summed E-state index contributed by atoms with van der Waals surface area (Å²) in [4.78, 5) is 20.5. The van der Waals surface area contributed by atoms with Crippen LogP contribution < -0.4 is 10.1 Å². The van der Waals surface area contributed by atoms with E-state index >= 15 is 0 Å². The fraction of sp³-hybridized carbons (Fsp3) is 0.448. The molecule has 1 aliphatic carbocycles. The van der Waals surface area contributed by atoms with Gasteiger partial charge in [-0.1, -0.05) is 67.8 Å². The summed E-state index contributed by atoms with van der Waals surface area (Å²) in [7, 11) is 0. The number of halogens is 2. The lowest BCUT2D eigenvalue weighted by Gasteiger charge is -2.36. The van der Waals surface area contributed by atoms with Gasteiger partial charge in [0.25, 0.3) is 5.91 Å². The molecule has 1 saturated carbocycles. The van der Waals surface area contributed by atoms with Gasteiger partial charge in [-0.05, 0) is 25.0 Å². The van der Waals surface area contributed by atoms with E-state index < -0.39 is 5.60 Å². The molecule has 5 rings (SSSR count). The van der Waals surface area contributed by atoms with Crippen molar-refractivity contribution in [3.05, 3.63) is 72.7 Å². The lowest BCUT2D eigenvalue weighted by atomic mass is 9.84. The number of aliphatic hydroxyl groups is 1. The summed E-state index contributed by atoms with van der Waals surface area (Å²) in [6.07, 6.45) is 7.26. The third-order valence-electron chi connectivity index (χ3n) is 7.41. The van der Waals surface area contributed by atoms with Gasteiger partial charge in [-0.15, -0.1) is 24.8 Å². The predicted molar refractivity (Wildman–Crippen MR) is 154 cm³/mol. The Bertz CT molecular complexity index is 1140. The number of imidazole rings is 1. The molecule has 206 valence electrons. The minimum absolute atomic E-state index is 0. The van der Waals surface area contributed by atoms with Gasteiger partial charge in [-0.25, -0.2) is 4.98 Å². The summed E-state index contributed by atoms with van der Waals surface area (Å²) >= 11 is 0. The molecule has 1 aliphatic heterocycles. The van der Waals surface area contributed by atoms with E-state index in [1.165, 1.54) is 6.42 Å². The van der Waals surface area contributed by atoms with Crippen LogP contribution in [-0.2, 0) is 6.54 Å². The quantitative estimate of drug-likeness (QED) is 0.406. The Balaban J connectivity index is 0.00000200. The Morgan fingerprint density at radius 1 is 1.03 bits per heavy atom. The summed E-state index contributed by atoms with van der Waals surface area (Å²) < 4.78 is 7.91. The summed E-state index contributed by atoms with van der Waals surface area (Å²) in [5.74, 6) is 0.777. The number of rotatable bonds is 8. The average Bonchev–Trinajstić information content (AvgIpc) is 3.33. The molecule has 2 aliphatic rings. The lowest BCUT2D eigenvalue weighted by molar-refractivity contribution is -0.0111. The van der Waals surface area contributed by atoms with E-state index in [1.807, 2.05) is 70.1 Å². The highest BCUT2D eigenvalue weighted by atomic mass is 35.5. The number of piperazine rings is 1. The van der Waals surface area contributed by atoms with Crippen LogP contribution in [0.25, 0.3) is 11.3 Å². The van der Waals surface area contributed by atoms with Crippen molar-refractivity contribution in [1.29, 1.82) is 0 Å². The molecule has 1 atom stereocenters. The van der Waals surface area contributed by atoms with Crippen molar-refractivity contribution in [2.24, 2.45) is 0 Å². The molecule has 38 heavy (non-hydrogen) atoms. The van der Waals surface area contributed by atoms with E-state index in [1.54, 1.807) is 6.33 Å². The Kier molecular flexibility index (Phi) is 11.0. The van der Waals surface area contributed by atoms with E-state index in [0.717, 1.165) is 62.2 Å². The zero-order valence-electron chi connectivity index (χ0n) is 21.6. The molecular formula is C29H38Cl2N4O3. The van der Waals surface area contributed by atoms with Gasteiger partial charge in [0.05, 0.1) is 30.8 Å². The maximum Gasteiger partial charge on any atom is 0.275 e. The Morgan fingerprint density at radius 2 is 1.71 bits per heavy atom. The number of hydrogen-bond acceptors (Lipinski definition) is 5. The standard InChI is InChI=1S/C29H36N4O3.2ClH/c34-28(33-18-17-30-20-24(33)14-19-36-25-12-6-2-7-13-25)26-27(23-10-4-1-5-11-23)32(22-31-26)21-29(35)15-8-3-9-16-29;;/h1-2,4-7,10-13,22,24,30,35H,3,8-9,14-21H2;2*1H/t24-;;/m1../s1. The molecule has 9 heteroatoms. The summed E-state index contributed by atoms with van der Waals surface area (Å²) in [5.41, 5.74) is 1.43. The molecule has 2 N–H and O–H groups in total. The highest BCUT2D eigenvalue weighted by molar-refractivity contribution is 5.98. The molecule has 2 fully saturated rings. The SMILES string of the molecule is Cl.Cl.O=C(c1ncn(CC2(O)CCCCC2)c1-c1ccccc1)N1CCNC[C@H]1CCOc1ccccc1. The molecular weight excluding hydrogens is 523 g/mol. The normalized spacial score (nSPS) is 18.7. The van der Waals surface area contributed by atoms with Crippen LogP contribution in [0, 0.1) is 0 Å². The van der Waals surface area contributed by atoms with E-state index in [0.29, 0.717) is 25.4 Å². The van der Waals surface area contributed by atoms with Crippen LogP contribution in [0.2, 0.25) is 0 Å². The molecule has 0 spiro atoms. The van der Waals surface area contributed by atoms with E-state index in [-0.39, 0.29) is 36.8 Å². The van der Waals surface area contributed by atoms with Gasteiger partial charge >= 0.3 is 0 Å². The number of nitrogens with one attached hydrogen (secondary N) is 1. The van der Waals surface area contributed by atoms with Crippen LogP contribution in [0.1, 0.15) is 49.0 Å². The number of aromatic nitrogens is 2. The van der Waals surface area contributed by atoms with Crippen LogP contribution in [0.4, 0.5) is 0 Å². The molecule has 0 unspecified atom stereocenters. The number of hydrogen-bond donors (Lipinski definition) is 2.